The maximum atomic E-state index is 12.2. The van der Waals surface area contributed by atoms with Gasteiger partial charge in [-0.3, -0.25) is 4.79 Å². The third-order valence-electron chi connectivity index (χ3n) is 2.74. The number of aliphatic hydroxyl groups excluding tert-OH is 1. The Bertz CT molecular complexity index is 510. The van der Waals surface area contributed by atoms with E-state index in [2.05, 4.69) is 5.32 Å². The number of hydrogen-bond acceptors (Lipinski definition) is 4. The summed E-state index contributed by atoms with van der Waals surface area (Å²) in [5.74, 6) is -0.560. The minimum absolute atomic E-state index is 0.332. The first-order valence-corrected chi connectivity index (χ1v) is 6.34. The summed E-state index contributed by atoms with van der Waals surface area (Å²) < 4.78 is 5.52. The van der Waals surface area contributed by atoms with Crippen LogP contribution >= 0.6 is 0 Å². The molecule has 1 aromatic carbocycles. The molecule has 0 bridgehead atoms. The van der Waals surface area contributed by atoms with Gasteiger partial charge in [0.25, 0.3) is 5.91 Å². The van der Waals surface area contributed by atoms with Crippen molar-refractivity contribution in [3.05, 3.63) is 35.9 Å². The van der Waals surface area contributed by atoms with E-state index in [-0.39, 0.29) is 0 Å². The Balaban J connectivity index is 2.17. The fourth-order valence-electron chi connectivity index (χ4n) is 1.92. The number of nitrogens with one attached hydrogen (secondary N) is 1. The Kier molecular flexibility index (Phi) is 3.78. The quantitative estimate of drug-likeness (QED) is 0.855. The van der Waals surface area contributed by atoms with Crippen LogP contribution in [0.1, 0.15) is 31.1 Å². The van der Waals surface area contributed by atoms with Crippen molar-refractivity contribution in [2.75, 3.05) is 0 Å². The van der Waals surface area contributed by atoms with Gasteiger partial charge in [-0.1, -0.05) is 18.2 Å². The molecule has 2 rings (SSSR count). The normalized spacial score (nSPS) is 22.8. The summed E-state index contributed by atoms with van der Waals surface area (Å²) in [5.41, 5.74) is -0.219. The summed E-state index contributed by atoms with van der Waals surface area (Å²) in [6.45, 7) is 5.40. The monoisotopic (exact) mass is 278 g/mol. The molecule has 2 N–H and O–H groups in total. The number of carbonyl (C=O) groups is 2. The number of urea groups is 1. The third kappa shape index (κ3) is 2.97. The lowest BCUT2D eigenvalue weighted by atomic mass is 10.2. The van der Waals surface area contributed by atoms with Gasteiger partial charge >= 0.3 is 6.03 Å². The second-order valence-corrected chi connectivity index (χ2v) is 5.56. The van der Waals surface area contributed by atoms with E-state index in [0.717, 1.165) is 4.90 Å². The molecule has 108 valence electrons. The predicted molar refractivity (Wildman–Crippen MR) is 71.8 cm³/mol. The fourth-order valence-corrected chi connectivity index (χ4v) is 1.92. The molecule has 1 aromatic rings. The lowest BCUT2D eigenvalue weighted by Gasteiger charge is -2.26. The molecule has 1 fully saturated rings. The first-order chi connectivity index (χ1) is 9.29. The first kappa shape index (κ1) is 14.5. The maximum Gasteiger partial charge on any atom is 0.328 e. The van der Waals surface area contributed by atoms with E-state index < -0.39 is 30.0 Å². The fraction of sp³-hybridized carbons (Fsp3) is 0.429. The maximum absolute atomic E-state index is 12.2. The van der Waals surface area contributed by atoms with E-state index in [0.29, 0.717) is 5.56 Å². The van der Waals surface area contributed by atoms with Crippen molar-refractivity contribution in [2.24, 2.45) is 0 Å². The molecular weight excluding hydrogens is 260 g/mol. The lowest BCUT2D eigenvalue weighted by Crippen LogP contribution is -2.44. The van der Waals surface area contributed by atoms with Crippen LogP contribution in [-0.4, -0.2) is 40.0 Å². The molecule has 1 aliphatic rings. The van der Waals surface area contributed by atoms with Crippen LogP contribution in [0.2, 0.25) is 0 Å². The zero-order chi connectivity index (χ0) is 14.9. The van der Waals surface area contributed by atoms with Gasteiger partial charge in [0.15, 0.2) is 12.5 Å². The Morgan fingerprint density at radius 3 is 2.45 bits per heavy atom. The molecule has 0 saturated carbocycles. The van der Waals surface area contributed by atoms with Gasteiger partial charge in [0.2, 0.25) is 0 Å². The van der Waals surface area contributed by atoms with E-state index in [9.17, 15) is 14.7 Å². The number of carbonyl (C=O) groups excluding carboxylic acids is 2. The predicted octanol–water partition coefficient (Wildman–Crippen LogP) is 1.31. The van der Waals surface area contributed by atoms with Crippen LogP contribution in [0.4, 0.5) is 4.79 Å². The van der Waals surface area contributed by atoms with Gasteiger partial charge in [-0.25, -0.2) is 9.69 Å². The van der Waals surface area contributed by atoms with E-state index in [4.69, 9.17) is 4.74 Å². The average Bonchev–Trinajstić information content (AvgIpc) is 2.63. The highest BCUT2D eigenvalue weighted by Gasteiger charge is 2.44. The molecule has 1 aliphatic heterocycles. The molecule has 1 heterocycles. The van der Waals surface area contributed by atoms with E-state index in [1.807, 2.05) is 0 Å². The number of hydrogen-bond donors (Lipinski definition) is 2. The molecule has 0 radical (unpaired) electrons. The summed E-state index contributed by atoms with van der Waals surface area (Å²) in [6.07, 6.45) is -2.29. The molecule has 2 atom stereocenters. The van der Waals surface area contributed by atoms with Crippen LogP contribution in [0.3, 0.4) is 0 Å². The highest BCUT2D eigenvalue weighted by atomic mass is 16.5. The van der Waals surface area contributed by atoms with Gasteiger partial charge in [0, 0.05) is 5.56 Å². The van der Waals surface area contributed by atoms with Crippen molar-refractivity contribution < 1.29 is 19.4 Å². The molecule has 3 amide bonds. The van der Waals surface area contributed by atoms with Crippen molar-refractivity contribution in [3.8, 4) is 0 Å². The summed E-state index contributed by atoms with van der Waals surface area (Å²) in [7, 11) is 0. The second-order valence-electron chi connectivity index (χ2n) is 5.56. The summed E-state index contributed by atoms with van der Waals surface area (Å²) in [4.78, 5) is 24.8. The van der Waals surface area contributed by atoms with Crippen molar-refractivity contribution in [2.45, 2.75) is 38.8 Å². The second kappa shape index (κ2) is 5.22. The molecule has 6 nitrogen and oxygen atoms in total. The van der Waals surface area contributed by atoms with E-state index in [1.54, 1.807) is 51.1 Å². The van der Waals surface area contributed by atoms with Gasteiger partial charge in [-0.2, -0.15) is 0 Å². The molecule has 0 aromatic heterocycles. The van der Waals surface area contributed by atoms with Crippen LogP contribution in [0.15, 0.2) is 30.3 Å². The number of rotatable bonds is 2. The Labute approximate surface area is 117 Å². The largest absolute Gasteiger partial charge is 0.369 e. The number of amides is 3. The van der Waals surface area contributed by atoms with Gasteiger partial charge in [-0.05, 0) is 32.9 Å². The molecule has 0 aliphatic carbocycles. The standard InChI is InChI=1S/C14H18N2O4/c1-14(2,3)20-10-12(18)16(13(19)15-10)11(17)9-7-5-4-6-8-9/h4-8,10,12,18H,1-3H3,(H,15,19)/t10-,12-/m0/s1. The zero-order valence-corrected chi connectivity index (χ0v) is 11.7. The van der Waals surface area contributed by atoms with Crippen molar-refractivity contribution >= 4 is 11.9 Å². The molecule has 0 spiro atoms. The topological polar surface area (TPSA) is 78.9 Å². The minimum atomic E-state index is -1.35. The Hall–Kier alpha value is -1.92. The highest BCUT2D eigenvalue weighted by Crippen LogP contribution is 2.20. The molecule has 0 unspecified atom stereocenters. The first-order valence-electron chi connectivity index (χ1n) is 6.34. The minimum Gasteiger partial charge on any atom is -0.369 e. The van der Waals surface area contributed by atoms with Crippen LogP contribution in [0, 0.1) is 0 Å². The number of aliphatic hydroxyl groups is 1. The zero-order valence-electron chi connectivity index (χ0n) is 11.7. The number of nitrogens with zero attached hydrogens (tertiary/aromatic N) is 1. The van der Waals surface area contributed by atoms with E-state index >= 15 is 0 Å². The molecule has 6 heteroatoms. The smallest absolute Gasteiger partial charge is 0.328 e. The molecule has 1 saturated heterocycles. The Morgan fingerprint density at radius 1 is 1.30 bits per heavy atom. The third-order valence-corrected chi connectivity index (χ3v) is 2.74. The number of imide groups is 1. The summed E-state index contributed by atoms with van der Waals surface area (Å²) in [6, 6.07) is 7.65. The van der Waals surface area contributed by atoms with Gasteiger partial charge in [0.1, 0.15) is 0 Å². The van der Waals surface area contributed by atoms with Crippen molar-refractivity contribution in [1.29, 1.82) is 0 Å². The number of benzene rings is 1. The van der Waals surface area contributed by atoms with Crippen LogP contribution in [0.5, 0.6) is 0 Å². The van der Waals surface area contributed by atoms with E-state index in [1.165, 1.54) is 0 Å². The SMILES string of the molecule is CC(C)(C)O[C@@H]1NC(=O)N(C(=O)c2ccccc2)[C@H]1O. The van der Waals surface area contributed by atoms with Crippen LogP contribution in [0.25, 0.3) is 0 Å². The van der Waals surface area contributed by atoms with Gasteiger partial charge in [0.05, 0.1) is 5.60 Å². The summed E-state index contributed by atoms with van der Waals surface area (Å²) >= 11 is 0. The van der Waals surface area contributed by atoms with Crippen LogP contribution < -0.4 is 5.32 Å². The van der Waals surface area contributed by atoms with Crippen molar-refractivity contribution in [1.82, 2.24) is 10.2 Å². The lowest BCUT2D eigenvalue weighted by molar-refractivity contribution is -0.125. The number of ether oxygens (including phenoxy) is 1. The summed E-state index contributed by atoms with van der Waals surface area (Å²) in [5, 5.41) is 12.6. The average molecular weight is 278 g/mol. The Morgan fingerprint density at radius 2 is 1.90 bits per heavy atom. The molecular formula is C14H18N2O4. The highest BCUT2D eigenvalue weighted by molar-refractivity contribution is 6.05. The van der Waals surface area contributed by atoms with Crippen molar-refractivity contribution in [3.63, 3.8) is 0 Å². The van der Waals surface area contributed by atoms with Crippen LogP contribution in [-0.2, 0) is 4.74 Å². The van der Waals surface area contributed by atoms with Gasteiger partial charge < -0.3 is 15.2 Å². The van der Waals surface area contributed by atoms with Gasteiger partial charge in [-0.15, -0.1) is 0 Å². The molecule has 20 heavy (non-hydrogen) atoms.